The maximum atomic E-state index is 13.6. The first kappa shape index (κ1) is 20.7. The van der Waals surface area contributed by atoms with Gasteiger partial charge in [0.15, 0.2) is 23.0 Å². The monoisotopic (exact) mass is 560 g/mol. The number of hydrogen-bond acceptors (Lipinski definition) is 2. The second-order valence-electron chi connectivity index (χ2n) is 6.34. The second-order valence-corrected chi connectivity index (χ2v) is 8.22. The first-order chi connectivity index (χ1) is 13.9. The highest BCUT2D eigenvalue weighted by Crippen LogP contribution is 2.45. The van der Waals surface area contributed by atoms with Gasteiger partial charge >= 0.3 is 6.03 Å². The lowest BCUT2D eigenvalue weighted by atomic mass is 9.95. The lowest BCUT2D eigenvalue weighted by molar-refractivity contribution is 0.247. The maximum Gasteiger partial charge on any atom is 0.326 e. The number of amides is 2. The maximum absolute atomic E-state index is 13.6. The van der Waals surface area contributed by atoms with Crippen molar-refractivity contribution in [3.63, 3.8) is 0 Å². The number of halogens is 4. The molecule has 29 heavy (non-hydrogen) atoms. The summed E-state index contributed by atoms with van der Waals surface area (Å²) in [6.45, 7) is 0.297. The van der Waals surface area contributed by atoms with E-state index in [1.165, 1.54) is 17.0 Å². The molecule has 9 heteroatoms. The van der Waals surface area contributed by atoms with Gasteiger partial charge in [-0.1, -0.05) is 35.3 Å². The highest BCUT2D eigenvalue weighted by molar-refractivity contribution is 14.1. The minimum absolute atomic E-state index is 0.297. The van der Waals surface area contributed by atoms with E-state index in [0.717, 1.165) is 16.7 Å². The molecular weight excluding hydrogens is 548 g/mol. The predicted octanol–water partition coefficient (Wildman–Crippen LogP) is 6.39. The molecule has 0 bridgehead atoms. The van der Waals surface area contributed by atoms with Gasteiger partial charge in [0.25, 0.3) is 0 Å². The van der Waals surface area contributed by atoms with E-state index in [1.807, 2.05) is 6.07 Å². The zero-order chi connectivity index (χ0) is 20.7. The van der Waals surface area contributed by atoms with Crippen molar-refractivity contribution in [1.29, 1.82) is 0 Å². The molecular formula is C20H13Cl2FIN2O2P. The van der Waals surface area contributed by atoms with Crippen LogP contribution in [0.1, 0.15) is 5.56 Å². The molecule has 0 radical (unpaired) electrons. The van der Waals surface area contributed by atoms with Gasteiger partial charge in [0.2, 0.25) is 0 Å². The van der Waals surface area contributed by atoms with Crippen molar-refractivity contribution in [2.75, 3.05) is 4.90 Å². The van der Waals surface area contributed by atoms with E-state index in [9.17, 15) is 9.18 Å². The lowest BCUT2D eigenvalue weighted by Gasteiger charge is -2.33. The van der Waals surface area contributed by atoms with E-state index in [2.05, 4.69) is 14.6 Å². The van der Waals surface area contributed by atoms with Gasteiger partial charge in [-0.2, -0.15) is 0 Å². The number of anilines is 2. The highest BCUT2D eigenvalue weighted by Gasteiger charge is 2.31. The van der Waals surface area contributed by atoms with Crippen molar-refractivity contribution in [2.24, 2.45) is 0 Å². The Bertz CT molecular complexity index is 1130. The fourth-order valence-corrected chi connectivity index (χ4v) is 4.59. The average Bonchev–Trinajstić information content (AvgIpc) is 2.68. The predicted molar refractivity (Wildman–Crippen MR) is 127 cm³/mol. The van der Waals surface area contributed by atoms with Gasteiger partial charge in [0.05, 0.1) is 21.4 Å². The van der Waals surface area contributed by atoms with Crippen molar-refractivity contribution in [1.82, 2.24) is 5.32 Å². The van der Waals surface area contributed by atoms with Gasteiger partial charge in [-0.15, -0.1) is 9.24 Å². The van der Waals surface area contributed by atoms with Crippen LogP contribution in [0.3, 0.4) is 0 Å². The molecule has 1 atom stereocenters. The highest BCUT2D eigenvalue weighted by atomic mass is 127. The standard InChI is InChI=1S/C20H13Cl2FIN2O2P/c21-15-2-1-3-16(22)19(15)26-17-8-11(28-24)7-13(14(17)9-25-20(26)27)12-5-4-10(23)6-18(12)29/h1-8H,9,29H2,(H,25,27). The lowest BCUT2D eigenvalue weighted by Crippen LogP contribution is -2.41. The Hall–Kier alpha value is -1.60. The number of carbonyl (C=O) groups is 1. The van der Waals surface area contributed by atoms with Crippen molar-refractivity contribution in [3.8, 4) is 16.9 Å². The Morgan fingerprint density at radius 3 is 2.48 bits per heavy atom. The molecule has 3 aromatic carbocycles. The first-order valence-electron chi connectivity index (χ1n) is 8.43. The number of para-hydroxylation sites is 1. The summed E-state index contributed by atoms with van der Waals surface area (Å²) in [5, 5.41) is 4.25. The van der Waals surface area contributed by atoms with Crippen LogP contribution in [0.5, 0.6) is 5.75 Å². The molecule has 0 saturated carbocycles. The minimum atomic E-state index is -0.353. The van der Waals surface area contributed by atoms with Crippen LogP contribution in [-0.2, 0) is 6.54 Å². The summed E-state index contributed by atoms with van der Waals surface area (Å²) in [5.41, 5.74) is 3.45. The van der Waals surface area contributed by atoms with Crippen molar-refractivity contribution in [2.45, 2.75) is 6.54 Å². The molecule has 0 saturated heterocycles. The summed E-state index contributed by atoms with van der Waals surface area (Å²) >= 11 is 14.6. The van der Waals surface area contributed by atoms with Crippen LogP contribution in [0.4, 0.5) is 20.6 Å². The first-order valence-corrected chi connectivity index (χ1v) is 10.6. The molecule has 1 heterocycles. The molecule has 4 rings (SSSR count). The van der Waals surface area contributed by atoms with Crippen LogP contribution in [0.25, 0.3) is 11.1 Å². The number of nitrogens with one attached hydrogen (secondary N) is 1. The van der Waals surface area contributed by atoms with E-state index in [-0.39, 0.29) is 11.8 Å². The number of fused-ring (bicyclic) bond motifs is 1. The Balaban J connectivity index is 2.00. The second kappa shape index (κ2) is 8.26. The van der Waals surface area contributed by atoms with Crippen LogP contribution < -0.4 is 18.6 Å². The molecule has 0 fully saturated rings. The normalized spacial score (nSPS) is 13.1. The molecule has 1 unspecified atom stereocenters. The molecule has 1 aliphatic heterocycles. The molecule has 0 aliphatic carbocycles. The molecule has 0 aromatic heterocycles. The largest absolute Gasteiger partial charge is 0.428 e. The topological polar surface area (TPSA) is 41.6 Å². The van der Waals surface area contributed by atoms with E-state index < -0.39 is 0 Å². The number of rotatable bonds is 3. The molecule has 1 N–H and O–H groups in total. The summed E-state index contributed by atoms with van der Waals surface area (Å²) in [6, 6.07) is 12.9. The zero-order valence-electron chi connectivity index (χ0n) is 14.7. The van der Waals surface area contributed by atoms with E-state index in [4.69, 9.17) is 26.3 Å². The van der Waals surface area contributed by atoms with Gasteiger partial charge in [-0.3, -0.25) is 4.90 Å². The van der Waals surface area contributed by atoms with Crippen LogP contribution >= 0.6 is 55.4 Å². The summed E-state index contributed by atoms with van der Waals surface area (Å²) in [5.74, 6) is 0.211. The third kappa shape index (κ3) is 3.79. The number of urea groups is 1. The molecule has 4 nitrogen and oxygen atoms in total. The van der Waals surface area contributed by atoms with E-state index in [1.54, 1.807) is 53.3 Å². The minimum Gasteiger partial charge on any atom is -0.428 e. The van der Waals surface area contributed by atoms with E-state index in [0.29, 0.717) is 39.0 Å². The van der Waals surface area contributed by atoms with Crippen LogP contribution in [-0.4, -0.2) is 6.03 Å². The Kier molecular flexibility index (Phi) is 5.89. The van der Waals surface area contributed by atoms with Gasteiger partial charge in [0, 0.05) is 18.2 Å². The van der Waals surface area contributed by atoms with Gasteiger partial charge in [0.1, 0.15) is 11.6 Å². The summed E-state index contributed by atoms with van der Waals surface area (Å²) in [6.07, 6.45) is 0. The summed E-state index contributed by atoms with van der Waals surface area (Å²) in [7, 11) is 2.55. The Labute approximate surface area is 193 Å². The number of carbonyl (C=O) groups excluding carboxylic acids is 1. The fourth-order valence-electron chi connectivity index (χ4n) is 3.36. The SMILES string of the molecule is O=C1NCc2c(-c3ccc(F)cc3P)cc(OI)cc2N1c1c(Cl)cccc1Cl. The third-order valence-corrected chi connectivity index (χ3v) is 6.21. The summed E-state index contributed by atoms with van der Waals surface area (Å²) < 4.78 is 19.1. The fraction of sp³-hybridized carbons (Fsp3) is 0.0500. The van der Waals surface area contributed by atoms with Crippen molar-refractivity contribution >= 4 is 78.2 Å². The zero-order valence-corrected chi connectivity index (χ0v) is 19.5. The molecule has 0 spiro atoms. The smallest absolute Gasteiger partial charge is 0.326 e. The molecule has 1 aliphatic rings. The molecule has 148 valence electrons. The molecule has 3 aromatic rings. The van der Waals surface area contributed by atoms with Gasteiger partial charge in [-0.25, -0.2) is 9.18 Å². The van der Waals surface area contributed by atoms with Gasteiger partial charge < -0.3 is 8.38 Å². The van der Waals surface area contributed by atoms with Crippen molar-refractivity contribution in [3.05, 3.63) is 70.0 Å². The summed E-state index contributed by atoms with van der Waals surface area (Å²) in [4.78, 5) is 14.3. The number of nitrogens with zero attached hydrogens (tertiary/aromatic N) is 1. The quantitative estimate of drug-likeness (QED) is 0.298. The van der Waals surface area contributed by atoms with E-state index >= 15 is 0 Å². The van der Waals surface area contributed by atoms with Gasteiger partial charge in [-0.05, 0) is 46.8 Å². The van der Waals surface area contributed by atoms with Crippen LogP contribution in [0.2, 0.25) is 10.0 Å². The van der Waals surface area contributed by atoms with Crippen LogP contribution in [0, 0.1) is 5.82 Å². The molecule has 2 amide bonds. The third-order valence-electron chi connectivity index (χ3n) is 4.61. The Morgan fingerprint density at radius 1 is 1.10 bits per heavy atom. The average molecular weight is 561 g/mol. The van der Waals surface area contributed by atoms with Crippen molar-refractivity contribution < 1.29 is 12.3 Å². The Morgan fingerprint density at radius 2 is 1.83 bits per heavy atom. The number of benzene rings is 3. The van der Waals surface area contributed by atoms with Crippen LogP contribution in [0.15, 0.2) is 48.5 Å². The number of hydrogen-bond donors (Lipinski definition) is 1.